The van der Waals surface area contributed by atoms with Crippen molar-refractivity contribution in [1.82, 2.24) is 5.01 Å². The molecule has 1 aromatic rings. The normalized spacial score (nSPS) is 17.9. The van der Waals surface area contributed by atoms with Gasteiger partial charge in [-0.1, -0.05) is 13.8 Å². The van der Waals surface area contributed by atoms with Gasteiger partial charge in [0.25, 0.3) is 5.91 Å². The molecule has 2 aliphatic heterocycles. The smallest absolute Gasteiger partial charge is 0.283 e. The quantitative estimate of drug-likeness (QED) is 0.779. The first-order valence-electron chi connectivity index (χ1n) is 8.20. The van der Waals surface area contributed by atoms with Crippen LogP contribution in [0.2, 0.25) is 0 Å². The minimum Gasteiger partial charge on any atom is -0.493 e. The number of nitrogens with zero attached hydrogens (tertiary/aromatic N) is 3. The van der Waals surface area contributed by atoms with Crippen LogP contribution < -0.4 is 14.2 Å². The van der Waals surface area contributed by atoms with Crippen LogP contribution in [0.1, 0.15) is 19.4 Å². The molecule has 1 aromatic carbocycles. The van der Waals surface area contributed by atoms with Gasteiger partial charge in [-0.05, 0) is 30.0 Å². The number of aliphatic imine (C=N–C) groups is 1. The summed E-state index contributed by atoms with van der Waals surface area (Å²) in [4.78, 5) is 16.6. The summed E-state index contributed by atoms with van der Waals surface area (Å²) in [6.45, 7) is 4.00. The number of benzene rings is 1. The fourth-order valence-corrected chi connectivity index (χ4v) is 3.53. The molecule has 1 N–H and O–H groups in total. The SMILES string of the molecule is COc1ccc(C=C2C(=N)N3N=C(C(C)C)SC3=NC2=O)c(OC)c1OC. The summed E-state index contributed by atoms with van der Waals surface area (Å²) in [5.74, 6) is 0.987. The van der Waals surface area contributed by atoms with Crippen molar-refractivity contribution in [3.8, 4) is 17.2 Å². The van der Waals surface area contributed by atoms with Gasteiger partial charge in [0.1, 0.15) is 5.04 Å². The number of carbonyl (C=O) groups excluding carboxylic acids is 1. The monoisotopic (exact) mass is 388 g/mol. The molecule has 142 valence electrons. The Morgan fingerprint density at radius 3 is 2.44 bits per heavy atom. The topological polar surface area (TPSA) is 96.6 Å². The Labute approximate surface area is 161 Å². The van der Waals surface area contributed by atoms with Gasteiger partial charge >= 0.3 is 0 Å². The van der Waals surface area contributed by atoms with Crippen LogP contribution in [-0.4, -0.2) is 48.3 Å². The lowest BCUT2D eigenvalue weighted by Gasteiger charge is -2.21. The zero-order chi connectivity index (χ0) is 19.7. The van der Waals surface area contributed by atoms with Gasteiger partial charge in [-0.25, -0.2) is 0 Å². The van der Waals surface area contributed by atoms with E-state index in [0.29, 0.717) is 28.0 Å². The first kappa shape index (κ1) is 19.0. The molecule has 0 saturated heterocycles. The third-order valence-corrected chi connectivity index (χ3v) is 5.21. The number of thioether (sulfide) groups is 1. The highest BCUT2D eigenvalue weighted by atomic mass is 32.2. The molecule has 0 unspecified atom stereocenters. The first-order valence-corrected chi connectivity index (χ1v) is 9.02. The molecule has 0 fully saturated rings. The van der Waals surface area contributed by atoms with Gasteiger partial charge < -0.3 is 14.2 Å². The lowest BCUT2D eigenvalue weighted by molar-refractivity contribution is -0.114. The standard InChI is InChI=1S/C18H20N4O4S/c1-9(2)17-21-22-15(19)11(16(23)20-18(22)27-17)8-10-6-7-12(24-3)14(26-5)13(10)25-4/h6-9,19H,1-5H3. The predicted octanol–water partition coefficient (Wildman–Crippen LogP) is 2.99. The highest BCUT2D eigenvalue weighted by molar-refractivity contribution is 8.27. The van der Waals surface area contributed by atoms with Crippen molar-refractivity contribution in [3.63, 3.8) is 0 Å². The van der Waals surface area contributed by atoms with Crippen molar-refractivity contribution in [1.29, 1.82) is 5.41 Å². The van der Waals surface area contributed by atoms with Crippen molar-refractivity contribution >= 4 is 39.8 Å². The minimum absolute atomic E-state index is 0.0232. The van der Waals surface area contributed by atoms with Crippen molar-refractivity contribution in [3.05, 3.63) is 23.3 Å². The van der Waals surface area contributed by atoms with E-state index in [1.165, 1.54) is 38.1 Å². The van der Waals surface area contributed by atoms with Gasteiger partial charge in [-0.2, -0.15) is 15.1 Å². The van der Waals surface area contributed by atoms with Crippen LogP contribution in [0, 0.1) is 11.3 Å². The Balaban J connectivity index is 2.06. The predicted molar refractivity (Wildman–Crippen MR) is 106 cm³/mol. The van der Waals surface area contributed by atoms with Crippen molar-refractivity contribution in [2.45, 2.75) is 13.8 Å². The van der Waals surface area contributed by atoms with Gasteiger partial charge in [-0.15, -0.1) is 0 Å². The van der Waals surface area contributed by atoms with E-state index in [9.17, 15) is 4.79 Å². The van der Waals surface area contributed by atoms with E-state index < -0.39 is 5.91 Å². The molecule has 8 nitrogen and oxygen atoms in total. The number of hydrogen-bond donors (Lipinski definition) is 1. The Hall–Kier alpha value is -2.81. The molecule has 0 atom stereocenters. The van der Waals surface area contributed by atoms with E-state index in [0.717, 1.165) is 5.04 Å². The number of nitrogens with one attached hydrogen (secondary N) is 1. The van der Waals surface area contributed by atoms with E-state index in [4.69, 9.17) is 19.6 Å². The summed E-state index contributed by atoms with van der Waals surface area (Å²) in [6.07, 6.45) is 1.55. The molecule has 0 radical (unpaired) electrons. The fraction of sp³-hybridized carbons (Fsp3) is 0.333. The van der Waals surface area contributed by atoms with E-state index in [1.54, 1.807) is 18.2 Å². The van der Waals surface area contributed by atoms with E-state index in [1.807, 2.05) is 13.8 Å². The number of amidine groups is 2. The summed E-state index contributed by atoms with van der Waals surface area (Å²) in [6, 6.07) is 3.44. The van der Waals surface area contributed by atoms with Crippen LogP contribution in [0.5, 0.6) is 17.2 Å². The number of carbonyl (C=O) groups is 1. The maximum atomic E-state index is 12.5. The van der Waals surface area contributed by atoms with Crippen LogP contribution in [0.25, 0.3) is 6.08 Å². The van der Waals surface area contributed by atoms with Gasteiger partial charge in [0.05, 0.1) is 26.9 Å². The number of ether oxygens (including phenoxy) is 3. The molecule has 0 spiro atoms. The average molecular weight is 388 g/mol. The molecule has 2 aliphatic rings. The molecular formula is C18H20N4O4S. The summed E-state index contributed by atoms with van der Waals surface area (Å²) in [7, 11) is 4.53. The maximum Gasteiger partial charge on any atom is 0.283 e. The summed E-state index contributed by atoms with van der Waals surface area (Å²) in [5, 5.41) is 15.4. The highest BCUT2D eigenvalue weighted by Crippen LogP contribution is 2.41. The van der Waals surface area contributed by atoms with Crippen LogP contribution in [-0.2, 0) is 4.79 Å². The Bertz CT molecular complexity index is 905. The minimum atomic E-state index is -0.490. The fourth-order valence-electron chi connectivity index (χ4n) is 2.63. The van der Waals surface area contributed by atoms with Crippen molar-refractivity contribution < 1.29 is 19.0 Å². The summed E-state index contributed by atoms with van der Waals surface area (Å²) in [5.41, 5.74) is 0.695. The largest absolute Gasteiger partial charge is 0.493 e. The third kappa shape index (κ3) is 3.30. The van der Waals surface area contributed by atoms with Crippen LogP contribution in [0.15, 0.2) is 27.8 Å². The van der Waals surface area contributed by atoms with Gasteiger partial charge in [-0.3, -0.25) is 10.2 Å². The molecule has 27 heavy (non-hydrogen) atoms. The second-order valence-corrected chi connectivity index (χ2v) is 7.02. The van der Waals surface area contributed by atoms with Crippen LogP contribution >= 0.6 is 11.8 Å². The van der Waals surface area contributed by atoms with Gasteiger partial charge in [0, 0.05) is 11.5 Å². The number of fused-ring (bicyclic) bond motifs is 1. The molecule has 0 bridgehead atoms. The Kier molecular flexibility index (Phi) is 5.22. The maximum absolute atomic E-state index is 12.5. The zero-order valence-corrected chi connectivity index (χ0v) is 16.5. The van der Waals surface area contributed by atoms with E-state index in [2.05, 4.69) is 10.1 Å². The Morgan fingerprint density at radius 1 is 1.15 bits per heavy atom. The molecule has 0 aliphatic carbocycles. The summed E-state index contributed by atoms with van der Waals surface area (Å²) >= 11 is 1.31. The molecule has 9 heteroatoms. The molecule has 3 rings (SSSR count). The second-order valence-electron chi connectivity index (χ2n) is 6.04. The first-order chi connectivity index (χ1) is 12.9. The van der Waals surface area contributed by atoms with Gasteiger partial charge in [0.2, 0.25) is 10.9 Å². The Morgan fingerprint density at radius 2 is 1.85 bits per heavy atom. The molecule has 1 amide bonds. The highest BCUT2D eigenvalue weighted by Gasteiger charge is 2.36. The molecular weight excluding hydrogens is 368 g/mol. The molecule has 0 saturated carbocycles. The lowest BCUT2D eigenvalue weighted by Crippen LogP contribution is -2.35. The number of amides is 1. The number of rotatable bonds is 5. The van der Waals surface area contributed by atoms with Crippen LogP contribution in [0.4, 0.5) is 0 Å². The number of hydrogen-bond acceptors (Lipinski definition) is 7. The molecule has 0 aromatic heterocycles. The van der Waals surface area contributed by atoms with Crippen LogP contribution in [0.3, 0.4) is 0 Å². The zero-order valence-electron chi connectivity index (χ0n) is 15.7. The van der Waals surface area contributed by atoms with E-state index >= 15 is 0 Å². The van der Waals surface area contributed by atoms with Gasteiger partial charge in [0.15, 0.2) is 17.3 Å². The molecule has 2 heterocycles. The number of hydrazone groups is 1. The van der Waals surface area contributed by atoms with Crippen molar-refractivity contribution in [2.75, 3.05) is 21.3 Å². The second kappa shape index (κ2) is 7.43. The average Bonchev–Trinajstić information content (AvgIpc) is 3.08. The number of methoxy groups -OCH3 is 3. The third-order valence-electron chi connectivity index (χ3n) is 4.00. The summed E-state index contributed by atoms with van der Waals surface area (Å²) < 4.78 is 16.1. The van der Waals surface area contributed by atoms with Crippen molar-refractivity contribution in [2.24, 2.45) is 16.0 Å². The van der Waals surface area contributed by atoms with E-state index in [-0.39, 0.29) is 17.3 Å². The lowest BCUT2D eigenvalue weighted by atomic mass is 10.1.